The summed E-state index contributed by atoms with van der Waals surface area (Å²) in [6.07, 6.45) is 0.590. The Labute approximate surface area is 203 Å². The van der Waals surface area contributed by atoms with Crippen LogP contribution in [-0.2, 0) is 22.5 Å². The summed E-state index contributed by atoms with van der Waals surface area (Å²) in [5.41, 5.74) is 3.40. The normalized spacial score (nSPS) is 10.6. The second kappa shape index (κ2) is 11.6. The number of nitrogens with one attached hydrogen (secondary N) is 1. The minimum Gasteiger partial charge on any atom is -0.493 e. The fraction of sp³-hybridized carbons (Fsp3) is 0.320. The van der Waals surface area contributed by atoms with E-state index < -0.39 is 5.97 Å². The topological polar surface area (TPSA) is 91.7 Å². The third-order valence-electron chi connectivity index (χ3n) is 5.38. The predicted octanol–water partition coefficient (Wildman–Crippen LogP) is 3.73. The molecule has 0 fully saturated rings. The molecule has 0 spiro atoms. The average Bonchev–Trinajstić information content (AvgIpc) is 3.11. The summed E-state index contributed by atoms with van der Waals surface area (Å²) >= 11 is 6.24. The second-order valence-electron chi connectivity index (χ2n) is 7.66. The summed E-state index contributed by atoms with van der Waals surface area (Å²) in [6.45, 7) is 3.96. The van der Waals surface area contributed by atoms with Gasteiger partial charge in [0, 0.05) is 11.6 Å². The Bertz CT molecular complexity index is 1180. The summed E-state index contributed by atoms with van der Waals surface area (Å²) in [5, 5.41) is 7.82. The van der Waals surface area contributed by atoms with E-state index in [4.69, 9.17) is 25.8 Å². The molecule has 1 heterocycles. The first kappa shape index (κ1) is 25.1. The molecule has 9 heteroatoms. The monoisotopic (exact) mass is 485 g/mol. The molecule has 0 atom stereocenters. The van der Waals surface area contributed by atoms with Crippen LogP contribution in [-0.4, -0.2) is 49.0 Å². The molecule has 0 aliphatic rings. The van der Waals surface area contributed by atoms with E-state index in [1.165, 1.54) is 0 Å². The number of hydrogen-bond acceptors (Lipinski definition) is 6. The minimum absolute atomic E-state index is 0.352. The summed E-state index contributed by atoms with van der Waals surface area (Å²) in [6, 6.07) is 13.0. The van der Waals surface area contributed by atoms with Crippen LogP contribution in [0.4, 0.5) is 0 Å². The molecule has 180 valence electrons. The van der Waals surface area contributed by atoms with Gasteiger partial charge in [-0.2, -0.15) is 5.10 Å². The van der Waals surface area contributed by atoms with Gasteiger partial charge in [0.2, 0.25) is 0 Å². The number of aryl methyl sites for hydroxylation is 1. The molecular formula is C25H28ClN3O5. The minimum atomic E-state index is -0.588. The number of ether oxygens (including phenoxy) is 3. The first-order valence-corrected chi connectivity index (χ1v) is 11.1. The molecule has 1 amide bonds. The van der Waals surface area contributed by atoms with Gasteiger partial charge in [-0.25, -0.2) is 4.79 Å². The van der Waals surface area contributed by atoms with Crippen LogP contribution in [0.15, 0.2) is 42.5 Å². The Kier molecular flexibility index (Phi) is 8.54. The zero-order valence-electron chi connectivity index (χ0n) is 19.7. The van der Waals surface area contributed by atoms with Crippen molar-refractivity contribution in [3.05, 3.63) is 75.6 Å². The molecule has 3 rings (SSSR count). The van der Waals surface area contributed by atoms with Gasteiger partial charge in [0.1, 0.15) is 5.56 Å². The van der Waals surface area contributed by atoms with Crippen molar-refractivity contribution in [2.45, 2.75) is 26.8 Å². The Morgan fingerprint density at radius 3 is 2.50 bits per heavy atom. The number of amides is 1. The number of carbonyl (C=O) groups excluding carboxylic acids is 2. The highest BCUT2D eigenvalue weighted by molar-refractivity contribution is 6.31. The molecule has 34 heavy (non-hydrogen) atoms. The van der Waals surface area contributed by atoms with Crippen molar-refractivity contribution in [3.63, 3.8) is 0 Å². The van der Waals surface area contributed by atoms with Gasteiger partial charge in [0.15, 0.2) is 18.1 Å². The standard InChI is InChI=1S/C25H28ClN3O5/c1-16-24(17(2)29(28-16)14-19-7-5-6-8-20(19)26)25(31)34-15-23(30)27-12-11-18-9-10-21(32-3)22(13-18)33-4/h5-10,13H,11-12,14-15H2,1-4H3,(H,27,30). The summed E-state index contributed by atoms with van der Waals surface area (Å²) in [5.74, 6) is 0.298. The molecule has 8 nitrogen and oxygen atoms in total. The van der Waals surface area contributed by atoms with E-state index in [9.17, 15) is 9.59 Å². The lowest BCUT2D eigenvalue weighted by molar-refractivity contribution is -0.124. The maximum absolute atomic E-state index is 12.6. The van der Waals surface area contributed by atoms with Crippen molar-refractivity contribution in [1.82, 2.24) is 15.1 Å². The van der Waals surface area contributed by atoms with Crippen LogP contribution in [0.1, 0.15) is 32.9 Å². The number of halogens is 1. The molecule has 0 saturated heterocycles. The fourth-order valence-electron chi connectivity index (χ4n) is 3.57. The van der Waals surface area contributed by atoms with E-state index in [0.29, 0.717) is 53.0 Å². The van der Waals surface area contributed by atoms with Crippen molar-refractivity contribution < 1.29 is 23.8 Å². The predicted molar refractivity (Wildman–Crippen MR) is 129 cm³/mol. The number of esters is 1. The van der Waals surface area contributed by atoms with Crippen LogP contribution in [0.5, 0.6) is 11.5 Å². The van der Waals surface area contributed by atoms with Crippen molar-refractivity contribution in [3.8, 4) is 11.5 Å². The van der Waals surface area contributed by atoms with Crippen LogP contribution < -0.4 is 14.8 Å². The number of aromatic nitrogens is 2. The van der Waals surface area contributed by atoms with Crippen molar-refractivity contribution in [2.75, 3.05) is 27.4 Å². The number of nitrogens with zero attached hydrogens (tertiary/aromatic N) is 2. The van der Waals surface area contributed by atoms with Crippen LogP contribution in [0.2, 0.25) is 5.02 Å². The Hall–Kier alpha value is -3.52. The maximum atomic E-state index is 12.6. The molecule has 0 bridgehead atoms. The average molecular weight is 486 g/mol. The van der Waals surface area contributed by atoms with Gasteiger partial charge in [-0.05, 0) is 49.6 Å². The second-order valence-corrected chi connectivity index (χ2v) is 8.07. The third-order valence-corrected chi connectivity index (χ3v) is 5.75. The molecule has 0 aliphatic heterocycles. The molecule has 1 aromatic heterocycles. The lowest BCUT2D eigenvalue weighted by atomic mass is 10.1. The van der Waals surface area contributed by atoms with Gasteiger partial charge in [-0.1, -0.05) is 35.9 Å². The van der Waals surface area contributed by atoms with E-state index in [1.807, 2.05) is 42.5 Å². The highest BCUT2D eigenvalue weighted by Crippen LogP contribution is 2.27. The van der Waals surface area contributed by atoms with Gasteiger partial charge < -0.3 is 19.5 Å². The SMILES string of the molecule is COc1ccc(CCNC(=O)COC(=O)c2c(C)nn(Cc3ccccc3Cl)c2C)cc1OC. The van der Waals surface area contributed by atoms with Crippen LogP contribution in [0.3, 0.4) is 0 Å². The van der Waals surface area contributed by atoms with E-state index >= 15 is 0 Å². The third kappa shape index (κ3) is 6.08. The first-order chi connectivity index (χ1) is 16.3. The van der Waals surface area contributed by atoms with Gasteiger partial charge in [0.05, 0.1) is 32.2 Å². The quantitative estimate of drug-likeness (QED) is 0.440. The van der Waals surface area contributed by atoms with Crippen LogP contribution in [0, 0.1) is 13.8 Å². The molecule has 0 unspecified atom stereocenters. The number of rotatable bonds is 10. The highest BCUT2D eigenvalue weighted by atomic mass is 35.5. The summed E-state index contributed by atoms with van der Waals surface area (Å²) in [7, 11) is 3.15. The van der Waals surface area contributed by atoms with E-state index in [-0.39, 0.29) is 12.5 Å². The number of methoxy groups -OCH3 is 2. The zero-order chi connectivity index (χ0) is 24.7. The smallest absolute Gasteiger partial charge is 0.342 e. The molecule has 0 saturated carbocycles. The van der Waals surface area contributed by atoms with E-state index in [1.54, 1.807) is 32.7 Å². The number of hydrogen-bond donors (Lipinski definition) is 1. The molecule has 3 aromatic rings. The van der Waals surface area contributed by atoms with Gasteiger partial charge in [0.25, 0.3) is 5.91 Å². The lowest BCUT2D eigenvalue weighted by Crippen LogP contribution is -2.30. The molecule has 1 N–H and O–H groups in total. The van der Waals surface area contributed by atoms with Gasteiger partial charge >= 0.3 is 5.97 Å². The van der Waals surface area contributed by atoms with Crippen LogP contribution >= 0.6 is 11.6 Å². The molecule has 0 radical (unpaired) electrons. The molecule has 2 aromatic carbocycles. The van der Waals surface area contributed by atoms with Gasteiger partial charge in [-0.3, -0.25) is 9.48 Å². The largest absolute Gasteiger partial charge is 0.493 e. The fourth-order valence-corrected chi connectivity index (χ4v) is 3.77. The molecular weight excluding hydrogens is 458 g/mol. The Morgan fingerprint density at radius 2 is 1.79 bits per heavy atom. The maximum Gasteiger partial charge on any atom is 0.342 e. The van der Waals surface area contributed by atoms with Crippen molar-refractivity contribution in [2.24, 2.45) is 0 Å². The number of carbonyl (C=O) groups is 2. The molecule has 0 aliphatic carbocycles. The highest BCUT2D eigenvalue weighted by Gasteiger charge is 2.21. The van der Waals surface area contributed by atoms with Gasteiger partial charge in [-0.15, -0.1) is 0 Å². The van der Waals surface area contributed by atoms with Crippen molar-refractivity contribution >= 4 is 23.5 Å². The van der Waals surface area contributed by atoms with E-state index in [2.05, 4.69) is 10.4 Å². The Balaban J connectivity index is 1.52. The summed E-state index contributed by atoms with van der Waals surface area (Å²) < 4.78 is 17.5. The number of benzene rings is 2. The zero-order valence-corrected chi connectivity index (χ0v) is 20.4. The lowest BCUT2D eigenvalue weighted by Gasteiger charge is -2.10. The Morgan fingerprint density at radius 1 is 1.06 bits per heavy atom. The first-order valence-electron chi connectivity index (χ1n) is 10.8. The van der Waals surface area contributed by atoms with Crippen LogP contribution in [0.25, 0.3) is 0 Å². The van der Waals surface area contributed by atoms with E-state index in [0.717, 1.165) is 11.1 Å². The summed E-state index contributed by atoms with van der Waals surface area (Å²) in [4.78, 5) is 24.8. The van der Waals surface area contributed by atoms with Crippen molar-refractivity contribution in [1.29, 1.82) is 0 Å².